The predicted octanol–water partition coefficient (Wildman–Crippen LogP) is 23.5. The van der Waals surface area contributed by atoms with Crippen LogP contribution in [0.2, 0.25) is 0 Å². The number of carbonyl (C=O) groups excluding carboxylic acids is 6. The van der Waals surface area contributed by atoms with Gasteiger partial charge in [0.05, 0.1) is 38.7 Å². The van der Waals surface area contributed by atoms with Gasteiger partial charge in [0.2, 0.25) is 13.5 Å². The molecule has 0 spiro atoms. The van der Waals surface area contributed by atoms with Crippen LogP contribution < -0.4 is 19.7 Å². The highest BCUT2D eigenvalue weighted by atomic mass is 35.6. The lowest BCUT2D eigenvalue weighted by molar-refractivity contribution is -0.272. The Morgan fingerprint density at radius 3 is 1.38 bits per heavy atom. The first-order valence-corrected chi connectivity index (χ1v) is 44.9. The number of carbonyl (C=O) groups is 6. The number of nitrogens with one attached hydrogen (secondary N) is 2. The predicted molar refractivity (Wildman–Crippen MR) is 442 cm³/mol. The van der Waals surface area contributed by atoms with Crippen LogP contribution in [0, 0.1) is 0 Å². The summed E-state index contributed by atoms with van der Waals surface area (Å²) >= 11 is 37.3. The number of phosphoric acid groups is 1. The van der Waals surface area contributed by atoms with E-state index in [0.717, 1.165) is 160 Å². The number of hydrogen-bond donors (Lipinski definition) is 2. The van der Waals surface area contributed by atoms with Gasteiger partial charge in [-0.15, -0.1) is 0 Å². The highest BCUT2D eigenvalue weighted by Crippen LogP contribution is 2.53. The van der Waals surface area contributed by atoms with Gasteiger partial charge in [0.1, 0.15) is 55.2 Å². The summed E-state index contributed by atoms with van der Waals surface area (Å²) in [4.78, 5) is 86.2. The largest absolute Gasteiger partial charge is 0.588 e. The highest BCUT2D eigenvalue weighted by molar-refractivity contribution is 7.49. The summed E-state index contributed by atoms with van der Waals surface area (Å²) in [7, 11) is -5.20. The summed E-state index contributed by atoms with van der Waals surface area (Å²) in [5.74, 6) is -2.51. The Morgan fingerprint density at radius 2 is 0.938 bits per heavy atom. The summed E-state index contributed by atoms with van der Waals surface area (Å²) in [6, 6.07) is 22.0. The lowest BCUT2D eigenvalue weighted by atomic mass is 9.96. The Labute approximate surface area is 697 Å². The molecule has 0 aliphatic carbocycles. The second-order valence-electron chi connectivity index (χ2n) is 29.6. The van der Waals surface area contributed by atoms with Crippen molar-refractivity contribution in [3.63, 3.8) is 0 Å². The molecular weight excluding hydrogens is 1580 g/mol. The second kappa shape index (κ2) is 58.4. The molecule has 0 bridgehead atoms. The SMILES string of the molecule is CCCCCCCCCCC[C@H](CC(=O)N[C@@H](COCc1ccccc1)CO[C@@H]1O[C@H](COC(=O)OC(C)(C)C(Cl)(Cl)Cl)[C@@H](OP(=O)(Oc2ccccc2)Oc2ccccc2)[C@H](OC(=O)C[C@@H](CCCCCCCCCCC)OC(=O)CCCCCCCCC)[C@H]1NC(=O)OCC(Cl)(Cl)Cl)OC(=O)CCCCCCCCC. The van der Waals surface area contributed by atoms with E-state index >= 15 is 9.36 Å². The fourth-order valence-electron chi connectivity index (χ4n) is 12.6. The summed E-state index contributed by atoms with van der Waals surface area (Å²) in [6.07, 6.45) is 20.1. The smallest absolute Gasteiger partial charge is 0.462 e. The number of alkyl halides is 6. The number of phosphoric ester groups is 1. The molecular formula is C84H129Cl6N2O19P. The molecule has 0 saturated carbocycles. The molecule has 0 radical (unpaired) electrons. The van der Waals surface area contributed by atoms with Crippen molar-refractivity contribution in [1.82, 2.24) is 10.6 Å². The molecule has 2 amide bonds. The van der Waals surface area contributed by atoms with Crippen LogP contribution in [-0.4, -0.2) is 125 Å². The summed E-state index contributed by atoms with van der Waals surface area (Å²) in [5, 5.41) is 5.68. The number of amides is 2. The number of rotatable bonds is 62. The first-order valence-electron chi connectivity index (χ1n) is 41.2. The number of para-hydroxylation sites is 2. The Morgan fingerprint density at radius 1 is 0.509 bits per heavy atom. The molecule has 0 aromatic heterocycles. The number of hydrogen-bond acceptors (Lipinski definition) is 19. The van der Waals surface area contributed by atoms with Gasteiger partial charge < -0.3 is 62.3 Å². The van der Waals surface area contributed by atoms with Gasteiger partial charge in [-0.3, -0.25) is 23.7 Å². The van der Waals surface area contributed by atoms with E-state index in [0.29, 0.717) is 32.1 Å². The van der Waals surface area contributed by atoms with E-state index in [2.05, 4.69) is 38.3 Å². The van der Waals surface area contributed by atoms with Crippen LogP contribution in [0.1, 0.15) is 291 Å². The molecule has 1 fully saturated rings. The van der Waals surface area contributed by atoms with E-state index < -0.39 is 132 Å². The Hall–Kier alpha value is -4.51. The van der Waals surface area contributed by atoms with Crippen LogP contribution in [0.3, 0.4) is 0 Å². The Balaban J connectivity index is 1.91. The zero-order chi connectivity index (χ0) is 81.7. The van der Waals surface area contributed by atoms with E-state index in [4.69, 9.17) is 126 Å². The maximum Gasteiger partial charge on any atom is 0.588 e. The van der Waals surface area contributed by atoms with Crippen molar-refractivity contribution in [3.05, 3.63) is 96.6 Å². The molecule has 28 heteroatoms. The standard InChI is InChI=1S/C84H129Cl6N2O19P/c1-7-11-15-19-23-25-29-31-40-54-69(104-73(94)56-46-33-27-21-17-13-9-3)58-72(93)91-66(61-100-60-65-48-38-35-39-49-65)62-101-79-76(92-80(97)103-64-83(85,86)87)78(107-75(96)59-70(55-41-32-30-26-24-20-16-12-8-2)105-74(95)57-47-34-28-22-18-14-10-4)77(71(106-79)63-102-81(98)108-82(5,6)84(88,89)90)111-112(99,109-67-50-42-36-43-51-67)110-68-52-44-37-45-53-68/h35-39,42-45,48-53,66,69-71,76-79H,7-34,40-41,46-47,54-64H2,1-6H3,(H,91,93)(H,92,97)/t66-,69+,70+,71+,76+,77+,78+,79+/m0/s1. The van der Waals surface area contributed by atoms with Crippen molar-refractivity contribution in [1.29, 1.82) is 0 Å². The fraction of sp³-hybridized carbons (Fsp3) is 0.714. The van der Waals surface area contributed by atoms with Crippen LogP contribution in [-0.2, 0) is 77.5 Å². The molecule has 1 aliphatic rings. The number of benzene rings is 3. The van der Waals surface area contributed by atoms with Gasteiger partial charge >= 0.3 is 38.0 Å². The molecule has 1 saturated heterocycles. The molecule has 3 aromatic rings. The summed E-state index contributed by atoms with van der Waals surface area (Å²) < 4.78 is 86.0. The molecule has 112 heavy (non-hydrogen) atoms. The quantitative estimate of drug-likeness (QED) is 0.0175. The van der Waals surface area contributed by atoms with Gasteiger partial charge in [-0.1, -0.05) is 344 Å². The van der Waals surface area contributed by atoms with Crippen LogP contribution in [0.4, 0.5) is 9.59 Å². The van der Waals surface area contributed by atoms with Crippen LogP contribution in [0.15, 0.2) is 91.0 Å². The van der Waals surface area contributed by atoms with Gasteiger partial charge in [0.25, 0.3) is 0 Å². The van der Waals surface area contributed by atoms with Crippen LogP contribution in [0.5, 0.6) is 11.5 Å². The number of esters is 3. The maximum atomic E-state index is 15.9. The van der Waals surface area contributed by atoms with Crippen molar-refractivity contribution in [2.24, 2.45) is 0 Å². The average Bonchev–Trinajstić information content (AvgIpc) is 0.770. The van der Waals surface area contributed by atoms with E-state index in [9.17, 15) is 24.0 Å². The van der Waals surface area contributed by atoms with Crippen LogP contribution >= 0.6 is 77.4 Å². The topological polar surface area (TPSA) is 254 Å². The number of halogens is 6. The summed E-state index contributed by atoms with van der Waals surface area (Å²) in [5.41, 5.74) is -1.03. The highest BCUT2D eigenvalue weighted by Gasteiger charge is 2.55. The second-order valence-corrected chi connectivity index (χ2v) is 35.8. The van der Waals surface area contributed by atoms with Gasteiger partial charge in [-0.05, 0) is 82.2 Å². The Bertz CT molecular complexity index is 3020. The lowest BCUT2D eigenvalue weighted by Gasteiger charge is -2.45. The third-order valence-electron chi connectivity index (χ3n) is 19.0. The van der Waals surface area contributed by atoms with Gasteiger partial charge in [-0.25, -0.2) is 14.2 Å². The zero-order valence-corrected chi connectivity index (χ0v) is 72.6. The minimum atomic E-state index is -5.20. The van der Waals surface area contributed by atoms with Crippen molar-refractivity contribution >= 4 is 113 Å². The molecule has 2 N–H and O–H groups in total. The molecule has 1 aliphatic heterocycles. The third-order valence-corrected chi connectivity index (χ3v) is 22.1. The molecule has 636 valence electrons. The number of unbranched alkanes of at least 4 members (excludes halogenated alkanes) is 28. The zero-order valence-electron chi connectivity index (χ0n) is 67.2. The van der Waals surface area contributed by atoms with Gasteiger partial charge in [0.15, 0.2) is 18.0 Å². The summed E-state index contributed by atoms with van der Waals surface area (Å²) in [6.45, 7) is 8.90. The van der Waals surface area contributed by atoms with E-state index in [-0.39, 0.29) is 50.4 Å². The fourth-order valence-corrected chi connectivity index (χ4v) is 14.3. The van der Waals surface area contributed by atoms with Gasteiger partial charge in [-0.2, -0.15) is 0 Å². The molecule has 3 aromatic carbocycles. The average molecular weight is 1710 g/mol. The van der Waals surface area contributed by atoms with Gasteiger partial charge in [0, 0.05) is 12.8 Å². The van der Waals surface area contributed by atoms with E-state index in [1.54, 1.807) is 36.4 Å². The maximum absolute atomic E-state index is 15.9. The Kier molecular flexibility index (Phi) is 52.0. The first-order chi connectivity index (χ1) is 53.7. The molecule has 0 unspecified atom stereocenters. The molecule has 8 atom stereocenters. The molecule has 1 heterocycles. The van der Waals surface area contributed by atoms with Crippen molar-refractivity contribution in [3.8, 4) is 11.5 Å². The van der Waals surface area contributed by atoms with Crippen molar-refractivity contribution in [2.75, 3.05) is 26.4 Å². The van der Waals surface area contributed by atoms with E-state index in [1.165, 1.54) is 63.8 Å². The van der Waals surface area contributed by atoms with Crippen molar-refractivity contribution < 1.29 is 89.5 Å². The first kappa shape index (κ1) is 99.8. The molecule has 21 nitrogen and oxygen atoms in total. The van der Waals surface area contributed by atoms with Crippen LogP contribution in [0.25, 0.3) is 0 Å². The monoisotopic (exact) mass is 1710 g/mol. The minimum absolute atomic E-state index is 0.0276. The third kappa shape index (κ3) is 45.9. The lowest BCUT2D eigenvalue weighted by Crippen LogP contribution is -2.67. The van der Waals surface area contributed by atoms with E-state index in [1.807, 2.05) is 30.3 Å². The number of ether oxygens (including phenoxy) is 9. The normalized spacial score (nSPS) is 16.8. The minimum Gasteiger partial charge on any atom is -0.462 e. The van der Waals surface area contributed by atoms with Crippen molar-refractivity contribution in [2.45, 2.75) is 354 Å². The number of alkyl carbamates (subject to hydrolysis) is 1. The molecule has 4 rings (SSSR count).